The van der Waals surface area contributed by atoms with Gasteiger partial charge in [0.2, 0.25) is 17.8 Å². The van der Waals surface area contributed by atoms with Gasteiger partial charge >= 0.3 is 0 Å². The number of anilines is 3. The van der Waals surface area contributed by atoms with Crippen LogP contribution in [0.1, 0.15) is 41.8 Å². The fourth-order valence-electron chi connectivity index (χ4n) is 4.19. The van der Waals surface area contributed by atoms with Crippen LogP contribution in [0.2, 0.25) is 0 Å². The number of hydrogen-bond acceptors (Lipinski definition) is 5. The Morgan fingerprint density at radius 1 is 1.03 bits per heavy atom. The van der Waals surface area contributed by atoms with Gasteiger partial charge in [0.25, 0.3) is 0 Å². The van der Waals surface area contributed by atoms with Gasteiger partial charge in [-0.1, -0.05) is 6.07 Å². The molecular formula is C23H29N5O2. The summed E-state index contributed by atoms with van der Waals surface area (Å²) in [4.78, 5) is 38.6. The molecule has 0 saturated carbocycles. The minimum atomic E-state index is -0.392. The molecule has 30 heavy (non-hydrogen) atoms. The summed E-state index contributed by atoms with van der Waals surface area (Å²) in [6, 6.07) is 5.96. The summed E-state index contributed by atoms with van der Waals surface area (Å²) in [6.45, 7) is 10.2. The number of rotatable bonds is 4. The van der Waals surface area contributed by atoms with Gasteiger partial charge in [-0.05, 0) is 63.8 Å². The number of hydrogen-bond donors (Lipinski definition) is 1. The quantitative estimate of drug-likeness (QED) is 0.841. The summed E-state index contributed by atoms with van der Waals surface area (Å²) in [7, 11) is 0. The molecule has 0 spiro atoms. The number of aromatic nitrogens is 2. The molecule has 0 radical (unpaired) electrons. The number of aryl methyl sites for hydroxylation is 4. The van der Waals surface area contributed by atoms with Crippen LogP contribution < -0.4 is 15.1 Å². The minimum absolute atomic E-state index is 0.0209. The summed E-state index contributed by atoms with van der Waals surface area (Å²) in [5.74, 6) is 0.166. The second-order valence-electron chi connectivity index (χ2n) is 8.43. The third kappa shape index (κ3) is 3.88. The first kappa shape index (κ1) is 20.3. The van der Waals surface area contributed by atoms with Gasteiger partial charge < -0.3 is 15.1 Å². The number of nitrogens with zero attached hydrogens (tertiary/aromatic N) is 4. The normalized spacial score (nSPS) is 18.9. The molecule has 7 heteroatoms. The van der Waals surface area contributed by atoms with E-state index in [1.165, 1.54) is 5.56 Å². The fraction of sp³-hybridized carbons (Fsp3) is 0.478. The van der Waals surface area contributed by atoms with Crippen LogP contribution in [0.3, 0.4) is 0 Å². The highest BCUT2D eigenvalue weighted by atomic mass is 16.2. The summed E-state index contributed by atoms with van der Waals surface area (Å²) < 4.78 is 0. The maximum atomic E-state index is 12.9. The summed E-state index contributed by atoms with van der Waals surface area (Å²) in [6.07, 6.45) is 2.53. The number of nitrogens with one attached hydrogen (secondary N) is 1. The van der Waals surface area contributed by atoms with Crippen LogP contribution in [0.25, 0.3) is 0 Å². The van der Waals surface area contributed by atoms with Crippen molar-refractivity contribution in [2.45, 2.75) is 47.0 Å². The third-order valence-electron chi connectivity index (χ3n) is 6.19. The van der Waals surface area contributed by atoms with E-state index < -0.39 is 5.92 Å². The number of amides is 2. The Labute approximate surface area is 177 Å². The van der Waals surface area contributed by atoms with Crippen LogP contribution in [0.4, 0.5) is 17.3 Å². The summed E-state index contributed by atoms with van der Waals surface area (Å²) >= 11 is 0. The molecule has 2 amide bonds. The van der Waals surface area contributed by atoms with Crippen molar-refractivity contribution < 1.29 is 9.59 Å². The molecule has 2 aliphatic rings. The van der Waals surface area contributed by atoms with E-state index in [1.54, 1.807) is 4.90 Å². The Morgan fingerprint density at radius 2 is 1.70 bits per heavy atom. The smallest absolute Gasteiger partial charge is 0.229 e. The Kier molecular flexibility index (Phi) is 5.45. The van der Waals surface area contributed by atoms with E-state index in [0.29, 0.717) is 12.2 Å². The largest absolute Gasteiger partial charge is 0.341 e. The molecule has 0 aliphatic carbocycles. The van der Waals surface area contributed by atoms with E-state index in [1.807, 2.05) is 45.9 Å². The Bertz CT molecular complexity index is 974. The molecule has 1 atom stereocenters. The molecule has 1 N–H and O–H groups in total. The van der Waals surface area contributed by atoms with Crippen LogP contribution in [-0.4, -0.2) is 41.4 Å². The fourth-order valence-corrected chi connectivity index (χ4v) is 4.19. The molecule has 0 bridgehead atoms. The average molecular weight is 408 g/mol. The molecule has 1 unspecified atom stereocenters. The lowest BCUT2D eigenvalue weighted by Gasteiger charge is -2.20. The highest BCUT2D eigenvalue weighted by molar-refractivity contribution is 6.03. The molecule has 4 rings (SSSR count). The predicted octanol–water partition coefficient (Wildman–Crippen LogP) is 3.30. The molecule has 2 aromatic rings. The lowest BCUT2D eigenvalue weighted by atomic mass is 10.1. The number of benzene rings is 1. The van der Waals surface area contributed by atoms with Gasteiger partial charge in [-0.15, -0.1) is 0 Å². The van der Waals surface area contributed by atoms with Crippen LogP contribution in [-0.2, 0) is 9.59 Å². The highest BCUT2D eigenvalue weighted by Crippen LogP contribution is 2.29. The van der Waals surface area contributed by atoms with Gasteiger partial charge in [0.15, 0.2) is 0 Å². The first-order valence-corrected chi connectivity index (χ1v) is 10.6. The first-order valence-electron chi connectivity index (χ1n) is 10.6. The zero-order valence-corrected chi connectivity index (χ0v) is 18.2. The van der Waals surface area contributed by atoms with Gasteiger partial charge in [0.05, 0.1) is 23.0 Å². The van der Waals surface area contributed by atoms with Crippen LogP contribution >= 0.6 is 0 Å². The van der Waals surface area contributed by atoms with Crippen LogP contribution in [0.15, 0.2) is 18.2 Å². The van der Waals surface area contributed by atoms with Crippen molar-refractivity contribution in [1.29, 1.82) is 0 Å². The molecule has 1 aromatic heterocycles. The Morgan fingerprint density at radius 3 is 2.33 bits per heavy atom. The first-order chi connectivity index (χ1) is 14.3. The molecule has 3 heterocycles. The predicted molar refractivity (Wildman–Crippen MR) is 118 cm³/mol. The molecule has 2 fully saturated rings. The van der Waals surface area contributed by atoms with Crippen molar-refractivity contribution in [3.63, 3.8) is 0 Å². The molecule has 2 aliphatic heterocycles. The van der Waals surface area contributed by atoms with Crippen molar-refractivity contribution in [1.82, 2.24) is 9.97 Å². The monoisotopic (exact) mass is 407 g/mol. The average Bonchev–Trinajstić information content (AvgIpc) is 3.36. The zero-order valence-electron chi connectivity index (χ0n) is 18.2. The van der Waals surface area contributed by atoms with Gasteiger partial charge in [0.1, 0.15) is 0 Å². The lowest BCUT2D eigenvalue weighted by Crippen LogP contribution is -2.29. The van der Waals surface area contributed by atoms with E-state index in [2.05, 4.69) is 20.2 Å². The van der Waals surface area contributed by atoms with E-state index in [9.17, 15) is 9.59 Å². The standard InChI is InChI=1S/C23H29N5O2/c1-14-7-8-19(11-15(14)2)28-13-18(12-20(28)29)22(30)26-21-16(3)24-23(25-17(21)4)27-9-5-6-10-27/h7-8,11,18H,5-6,9-10,12-13H2,1-4H3,(H,26,30). The van der Waals surface area contributed by atoms with E-state index in [-0.39, 0.29) is 18.2 Å². The van der Waals surface area contributed by atoms with E-state index in [4.69, 9.17) is 0 Å². The summed E-state index contributed by atoms with van der Waals surface area (Å²) in [5, 5.41) is 2.99. The lowest BCUT2D eigenvalue weighted by molar-refractivity contribution is -0.122. The molecule has 158 valence electrons. The van der Waals surface area contributed by atoms with Crippen LogP contribution in [0, 0.1) is 33.6 Å². The van der Waals surface area contributed by atoms with Gasteiger partial charge in [-0.25, -0.2) is 9.97 Å². The van der Waals surface area contributed by atoms with Crippen molar-refractivity contribution in [2.24, 2.45) is 5.92 Å². The van der Waals surface area contributed by atoms with E-state index >= 15 is 0 Å². The maximum absolute atomic E-state index is 12.9. The number of carbonyl (C=O) groups excluding carboxylic acids is 2. The zero-order chi connectivity index (χ0) is 21.4. The third-order valence-corrected chi connectivity index (χ3v) is 6.19. The molecule has 2 saturated heterocycles. The number of carbonyl (C=O) groups is 2. The minimum Gasteiger partial charge on any atom is -0.341 e. The summed E-state index contributed by atoms with van der Waals surface area (Å²) in [5.41, 5.74) is 5.34. The van der Waals surface area contributed by atoms with Gasteiger partial charge in [0, 0.05) is 31.7 Å². The molecular weight excluding hydrogens is 378 g/mol. The van der Waals surface area contributed by atoms with Crippen LogP contribution in [0.5, 0.6) is 0 Å². The maximum Gasteiger partial charge on any atom is 0.229 e. The highest BCUT2D eigenvalue weighted by Gasteiger charge is 2.35. The second kappa shape index (κ2) is 8.05. The Balaban J connectivity index is 1.47. The Hall–Kier alpha value is -2.96. The van der Waals surface area contributed by atoms with Crippen molar-refractivity contribution in [3.8, 4) is 0 Å². The second-order valence-corrected chi connectivity index (χ2v) is 8.43. The molecule has 7 nitrogen and oxygen atoms in total. The van der Waals surface area contributed by atoms with Crippen molar-refractivity contribution in [3.05, 3.63) is 40.7 Å². The molecule has 1 aromatic carbocycles. The topological polar surface area (TPSA) is 78.4 Å². The van der Waals surface area contributed by atoms with Crippen molar-refractivity contribution >= 4 is 29.1 Å². The van der Waals surface area contributed by atoms with Gasteiger partial charge in [-0.2, -0.15) is 0 Å². The van der Waals surface area contributed by atoms with E-state index in [0.717, 1.165) is 54.5 Å². The van der Waals surface area contributed by atoms with Crippen molar-refractivity contribution in [2.75, 3.05) is 34.8 Å². The SMILES string of the molecule is Cc1ccc(N2CC(C(=O)Nc3c(C)nc(N4CCCC4)nc3C)CC2=O)cc1C. The van der Waals surface area contributed by atoms with Gasteiger partial charge in [-0.3, -0.25) is 9.59 Å².